The summed E-state index contributed by atoms with van der Waals surface area (Å²) >= 11 is 16.4. The van der Waals surface area contributed by atoms with Crippen LogP contribution in [-0.2, 0) is 6.54 Å². The van der Waals surface area contributed by atoms with Gasteiger partial charge in [-0.05, 0) is 36.4 Å². The number of hydrogen-bond acceptors (Lipinski definition) is 3. The lowest BCUT2D eigenvalue weighted by atomic mass is 10.2. The summed E-state index contributed by atoms with van der Waals surface area (Å²) < 4.78 is 5.62. The maximum Gasteiger partial charge on any atom is 0.262 e. The average molecular weight is 579 g/mol. The molecular weight excluding hydrogens is 539 g/mol. The van der Waals surface area contributed by atoms with E-state index in [1.54, 1.807) is 0 Å². The lowest BCUT2D eigenvalue weighted by molar-refractivity contribution is -0.873. The van der Waals surface area contributed by atoms with E-state index in [1.165, 1.54) is 30.8 Å². The second-order valence-electron chi connectivity index (χ2n) is 11.7. The van der Waals surface area contributed by atoms with E-state index in [0.717, 1.165) is 58.0 Å². The molecule has 0 amide bonds. The monoisotopic (exact) mass is 577 g/mol. The Hall–Kier alpha value is -1.54. The zero-order chi connectivity index (χ0) is 26.8. The summed E-state index contributed by atoms with van der Waals surface area (Å²) in [5, 5.41) is 4.06. The Labute approximate surface area is 240 Å². The van der Waals surface area contributed by atoms with E-state index >= 15 is 0 Å². The van der Waals surface area contributed by atoms with Crippen LogP contribution in [-0.4, -0.2) is 70.9 Å². The molecule has 37 heavy (non-hydrogen) atoms. The van der Waals surface area contributed by atoms with Gasteiger partial charge in [0.2, 0.25) is 5.52 Å². The highest BCUT2D eigenvalue weighted by molar-refractivity contribution is 8.03. The quantitative estimate of drug-likeness (QED) is 0.186. The fourth-order valence-corrected chi connectivity index (χ4v) is 6.97. The first-order valence-electron chi connectivity index (χ1n) is 12.8. The topological polar surface area (TPSA) is 7.12 Å². The van der Waals surface area contributed by atoms with Crippen LogP contribution < -0.4 is 9.47 Å². The zero-order valence-corrected chi connectivity index (χ0v) is 25.9. The summed E-state index contributed by atoms with van der Waals surface area (Å²) in [7, 11) is 13.5. The molecule has 0 saturated carbocycles. The molecule has 0 N–H and O–H groups in total. The van der Waals surface area contributed by atoms with Crippen LogP contribution in [0.15, 0.2) is 58.5 Å². The number of quaternary nitrogens is 2. The number of aromatic nitrogens is 1. The molecule has 0 fully saturated rings. The van der Waals surface area contributed by atoms with Crippen LogP contribution in [0.25, 0.3) is 16.3 Å². The summed E-state index contributed by atoms with van der Waals surface area (Å²) in [6.45, 7) is 4.19. The molecule has 8 heteroatoms. The van der Waals surface area contributed by atoms with Gasteiger partial charge in [-0.3, -0.25) is 0 Å². The van der Waals surface area contributed by atoms with E-state index in [0.29, 0.717) is 0 Å². The molecule has 1 aliphatic rings. The van der Waals surface area contributed by atoms with Crippen LogP contribution in [0.1, 0.15) is 17.8 Å². The van der Waals surface area contributed by atoms with E-state index in [4.69, 9.17) is 23.2 Å². The van der Waals surface area contributed by atoms with Crippen molar-refractivity contribution in [2.24, 2.45) is 0 Å². The van der Waals surface area contributed by atoms with E-state index in [2.05, 4.69) is 94.2 Å². The van der Waals surface area contributed by atoms with Crippen LogP contribution in [0, 0.1) is 0 Å². The Morgan fingerprint density at radius 1 is 0.892 bits per heavy atom. The summed E-state index contributed by atoms with van der Waals surface area (Å²) in [6.07, 6.45) is 8.92. The fourth-order valence-electron chi connectivity index (χ4n) is 4.48. The summed E-state index contributed by atoms with van der Waals surface area (Å²) in [6, 6.07) is 12.4. The van der Waals surface area contributed by atoms with Crippen molar-refractivity contribution in [2.45, 2.75) is 24.3 Å². The van der Waals surface area contributed by atoms with Gasteiger partial charge in [-0.25, -0.2) is 0 Å². The zero-order valence-electron chi connectivity index (χ0n) is 22.8. The number of hydrogen-bond donors (Lipinski definition) is 0. The minimum atomic E-state index is 0.784. The minimum absolute atomic E-state index is 0.784. The molecule has 0 spiro atoms. The van der Waals surface area contributed by atoms with E-state index in [9.17, 15) is 0 Å². The molecule has 0 bridgehead atoms. The van der Waals surface area contributed by atoms with Gasteiger partial charge in [0.25, 0.3) is 5.01 Å². The minimum Gasteiger partial charge on any atom is -0.335 e. The van der Waals surface area contributed by atoms with Crippen molar-refractivity contribution in [1.82, 2.24) is 0 Å². The maximum atomic E-state index is 6.38. The average Bonchev–Trinajstić information content (AvgIpc) is 3.30. The Kier molecular flexibility index (Phi) is 8.99. The van der Waals surface area contributed by atoms with E-state index < -0.39 is 0 Å². The maximum absolute atomic E-state index is 6.38. The van der Waals surface area contributed by atoms with Crippen molar-refractivity contribution >= 4 is 68.3 Å². The number of fused-ring (bicyclic) bond motifs is 2. The van der Waals surface area contributed by atoms with Crippen LogP contribution in [0.5, 0.6) is 0 Å². The fraction of sp³-hybridized carbons (Fsp3) is 0.414. The standard InChI is InChI=1S/C29H39Cl2N4S2/c1-34(2,3)18-8-16-32-24-20-22(30)12-14-26(24)36-28(32)10-7-11-29-33(17-9-19-35(4,5)6)25-21-23(31)13-15-27(25)37-29/h7,10-15,20-21H,8-9,16-19H2,1-6H3/q+3. The third-order valence-electron chi connectivity index (χ3n) is 6.28. The SMILES string of the molecule is C[N+](C)(C)CCCN1C(=CC=Cc2sc3ccc(Cl)cc3[n+]2CCC[N+](C)(C)C)Sc2ccc(Cl)cc21. The van der Waals surface area contributed by atoms with E-state index in [1.807, 2.05) is 35.2 Å². The van der Waals surface area contributed by atoms with Gasteiger partial charge in [0.15, 0.2) is 6.54 Å². The number of thioether (sulfide) groups is 1. The molecule has 4 nitrogen and oxygen atoms in total. The molecular formula is C29H39Cl2N4S2+3. The third kappa shape index (κ3) is 7.75. The molecule has 0 unspecified atom stereocenters. The van der Waals surface area contributed by atoms with Crippen LogP contribution in [0.2, 0.25) is 10.0 Å². The van der Waals surface area contributed by atoms with Crippen molar-refractivity contribution in [2.75, 3.05) is 66.8 Å². The van der Waals surface area contributed by atoms with E-state index in [-0.39, 0.29) is 0 Å². The predicted molar refractivity (Wildman–Crippen MR) is 164 cm³/mol. The molecule has 4 rings (SSSR count). The van der Waals surface area contributed by atoms with Crippen LogP contribution in [0.3, 0.4) is 0 Å². The van der Waals surface area contributed by atoms with Gasteiger partial charge >= 0.3 is 0 Å². The first-order chi connectivity index (χ1) is 17.4. The first kappa shape index (κ1) is 28.5. The van der Waals surface area contributed by atoms with Crippen molar-refractivity contribution in [1.29, 1.82) is 0 Å². The molecule has 2 aromatic carbocycles. The number of allylic oxidation sites excluding steroid dienone is 2. The molecule has 0 atom stereocenters. The van der Waals surface area contributed by atoms with Gasteiger partial charge in [-0.1, -0.05) is 52.4 Å². The van der Waals surface area contributed by atoms with Gasteiger partial charge in [0, 0.05) is 40.0 Å². The summed E-state index contributed by atoms with van der Waals surface area (Å²) in [5.41, 5.74) is 2.43. The third-order valence-corrected chi connectivity index (χ3v) is 9.02. The smallest absolute Gasteiger partial charge is 0.262 e. The molecule has 0 radical (unpaired) electrons. The largest absolute Gasteiger partial charge is 0.335 e. The van der Waals surface area contributed by atoms with Crippen LogP contribution >= 0.6 is 46.3 Å². The van der Waals surface area contributed by atoms with Gasteiger partial charge in [-0.15, -0.1) is 0 Å². The number of nitrogens with zero attached hydrogens (tertiary/aromatic N) is 4. The Morgan fingerprint density at radius 3 is 2.30 bits per heavy atom. The normalized spacial score (nSPS) is 15.5. The van der Waals surface area contributed by atoms with Gasteiger partial charge < -0.3 is 13.9 Å². The Morgan fingerprint density at radius 2 is 1.57 bits per heavy atom. The van der Waals surface area contributed by atoms with Crippen molar-refractivity contribution < 1.29 is 13.5 Å². The number of aryl methyl sites for hydroxylation is 1. The second kappa shape index (κ2) is 11.7. The highest BCUT2D eigenvalue weighted by Gasteiger charge is 2.26. The Balaban J connectivity index is 1.60. The molecule has 3 aromatic rings. The van der Waals surface area contributed by atoms with Crippen LogP contribution in [0.4, 0.5) is 5.69 Å². The highest BCUT2D eigenvalue weighted by atomic mass is 35.5. The molecule has 198 valence electrons. The summed E-state index contributed by atoms with van der Waals surface area (Å²) in [4.78, 5) is 3.69. The number of benzene rings is 2. The lowest BCUT2D eigenvalue weighted by Gasteiger charge is -2.26. The van der Waals surface area contributed by atoms with Gasteiger partial charge in [-0.2, -0.15) is 4.57 Å². The predicted octanol–water partition coefficient (Wildman–Crippen LogP) is 7.16. The first-order valence-corrected chi connectivity index (χ1v) is 15.1. The summed E-state index contributed by atoms with van der Waals surface area (Å²) in [5.74, 6) is 0. The molecule has 1 aromatic heterocycles. The molecule has 1 aliphatic heterocycles. The second-order valence-corrected chi connectivity index (χ2v) is 14.7. The molecule has 0 saturated heterocycles. The number of anilines is 1. The number of halogens is 2. The van der Waals surface area contributed by atoms with Gasteiger partial charge in [0.1, 0.15) is 4.70 Å². The van der Waals surface area contributed by atoms with Crippen molar-refractivity contribution in [3.05, 3.63) is 68.6 Å². The number of thiazole rings is 1. The molecule has 2 heterocycles. The Bertz CT molecular complexity index is 1320. The van der Waals surface area contributed by atoms with Crippen molar-refractivity contribution in [3.63, 3.8) is 0 Å². The lowest BCUT2D eigenvalue weighted by Crippen LogP contribution is -2.40. The number of rotatable bonds is 10. The van der Waals surface area contributed by atoms with Gasteiger partial charge in [0.05, 0.1) is 72.5 Å². The van der Waals surface area contributed by atoms with Crippen molar-refractivity contribution in [3.8, 4) is 0 Å². The highest BCUT2D eigenvalue weighted by Crippen LogP contribution is 2.47. The molecule has 0 aliphatic carbocycles.